The topological polar surface area (TPSA) is 158 Å². The van der Waals surface area contributed by atoms with E-state index in [1.54, 1.807) is 23.2 Å². The van der Waals surface area contributed by atoms with Gasteiger partial charge < -0.3 is 28.8 Å². The lowest BCUT2D eigenvalue weighted by atomic mass is 9.69. The summed E-state index contributed by atoms with van der Waals surface area (Å²) in [5.41, 5.74) is -0.663. The van der Waals surface area contributed by atoms with Gasteiger partial charge in [-0.3, -0.25) is 28.9 Å². The molecule has 0 radical (unpaired) electrons. The van der Waals surface area contributed by atoms with Crippen LogP contribution in [0.4, 0.5) is 5.82 Å². The Balaban J connectivity index is 1.42. The first-order valence-corrected chi connectivity index (χ1v) is 17.1. The van der Waals surface area contributed by atoms with Crippen LogP contribution in [0.25, 0.3) is 0 Å². The third-order valence-electron chi connectivity index (χ3n) is 9.48. The molecule has 49 heavy (non-hydrogen) atoms. The fourth-order valence-electron chi connectivity index (χ4n) is 6.82. The molecule has 1 N–H and O–H groups in total. The van der Waals surface area contributed by atoms with Crippen LogP contribution < -0.4 is 10.2 Å². The average molecular weight is 683 g/mol. The maximum Gasteiger partial charge on any atom is 0.302 e. The van der Waals surface area contributed by atoms with Crippen molar-refractivity contribution in [3.63, 3.8) is 0 Å². The fraction of sp³-hybridized carbons (Fsp3) is 0.611. The van der Waals surface area contributed by atoms with Gasteiger partial charge in [-0.05, 0) is 74.8 Å². The van der Waals surface area contributed by atoms with Gasteiger partial charge in [0.25, 0.3) is 5.91 Å². The minimum atomic E-state index is -1.43. The van der Waals surface area contributed by atoms with Gasteiger partial charge in [-0.1, -0.05) is 25.3 Å². The van der Waals surface area contributed by atoms with Gasteiger partial charge in [0.15, 0.2) is 5.76 Å². The molecule has 0 bridgehead atoms. The van der Waals surface area contributed by atoms with Crippen molar-refractivity contribution in [1.82, 2.24) is 15.2 Å². The molecule has 1 aliphatic carbocycles. The number of esters is 3. The van der Waals surface area contributed by atoms with E-state index >= 15 is 0 Å². The molecule has 2 fully saturated rings. The smallest absolute Gasteiger partial charge is 0.302 e. The minimum absolute atomic E-state index is 0.0433. The largest absolute Gasteiger partial charge is 0.463 e. The van der Waals surface area contributed by atoms with Crippen LogP contribution in [0.5, 0.6) is 0 Å². The number of aromatic nitrogens is 1. The number of carbonyl (C=O) groups is 5. The number of carbonyl (C=O) groups excluding carboxylic acids is 5. The van der Waals surface area contributed by atoms with Crippen LogP contribution >= 0.6 is 0 Å². The SMILES string of the molecule is CC(=O)OCC(COC(C)=O)(COC(C)=O)NC(=O)CC1(CCN2CCC(N(C(=O)c3ccco3)c3ccc(C)cn3)CC2)CCCCC1. The van der Waals surface area contributed by atoms with Crippen LogP contribution in [0.15, 0.2) is 41.1 Å². The summed E-state index contributed by atoms with van der Waals surface area (Å²) >= 11 is 0. The van der Waals surface area contributed by atoms with E-state index in [0.717, 1.165) is 76.6 Å². The lowest BCUT2D eigenvalue weighted by Gasteiger charge is -2.42. The molecule has 3 heterocycles. The number of hydrogen-bond donors (Lipinski definition) is 1. The Kier molecular flexibility index (Phi) is 13.3. The maximum absolute atomic E-state index is 13.8. The van der Waals surface area contributed by atoms with E-state index in [4.69, 9.17) is 18.6 Å². The Labute approximate surface area is 288 Å². The van der Waals surface area contributed by atoms with Crippen molar-refractivity contribution in [2.24, 2.45) is 5.41 Å². The average Bonchev–Trinajstić information content (AvgIpc) is 3.62. The van der Waals surface area contributed by atoms with Crippen LogP contribution in [-0.2, 0) is 33.4 Å². The predicted octanol–water partition coefficient (Wildman–Crippen LogP) is 4.37. The number of rotatable bonds is 15. The zero-order valence-corrected chi connectivity index (χ0v) is 29.2. The third-order valence-corrected chi connectivity index (χ3v) is 9.48. The van der Waals surface area contributed by atoms with Crippen molar-refractivity contribution in [3.05, 3.63) is 48.0 Å². The summed E-state index contributed by atoms with van der Waals surface area (Å²) in [5, 5.41) is 2.93. The van der Waals surface area contributed by atoms with Gasteiger partial charge in [-0.2, -0.15) is 0 Å². The summed E-state index contributed by atoms with van der Waals surface area (Å²) in [5.74, 6) is -1.37. The molecule has 1 saturated carbocycles. The molecule has 13 nitrogen and oxygen atoms in total. The van der Waals surface area contributed by atoms with Crippen LogP contribution in [-0.4, -0.2) is 90.6 Å². The predicted molar refractivity (Wildman–Crippen MR) is 179 cm³/mol. The van der Waals surface area contributed by atoms with Gasteiger partial charge in [0.05, 0.1) is 6.26 Å². The second-order valence-corrected chi connectivity index (χ2v) is 13.6. The van der Waals surface area contributed by atoms with Crippen molar-refractivity contribution in [2.75, 3.05) is 44.4 Å². The number of nitrogens with zero attached hydrogens (tertiary/aromatic N) is 3. The Morgan fingerprint density at radius 3 is 2.06 bits per heavy atom. The summed E-state index contributed by atoms with van der Waals surface area (Å²) in [6.45, 7) is 7.06. The van der Waals surface area contributed by atoms with E-state index in [-0.39, 0.29) is 55.3 Å². The van der Waals surface area contributed by atoms with E-state index in [1.165, 1.54) is 27.0 Å². The van der Waals surface area contributed by atoms with Crippen LogP contribution in [0, 0.1) is 12.3 Å². The summed E-state index contributed by atoms with van der Waals surface area (Å²) < 4.78 is 21.2. The van der Waals surface area contributed by atoms with Gasteiger partial charge in [-0.25, -0.2) is 4.98 Å². The van der Waals surface area contributed by atoms with Gasteiger partial charge in [0, 0.05) is 52.5 Å². The highest BCUT2D eigenvalue weighted by Crippen LogP contribution is 2.43. The van der Waals surface area contributed by atoms with Crippen molar-refractivity contribution in [1.29, 1.82) is 0 Å². The number of amides is 2. The second-order valence-electron chi connectivity index (χ2n) is 13.6. The van der Waals surface area contributed by atoms with E-state index in [9.17, 15) is 24.0 Å². The number of aryl methyl sites for hydroxylation is 1. The molecule has 2 aliphatic rings. The number of hydrogen-bond acceptors (Lipinski definition) is 11. The zero-order chi connectivity index (χ0) is 35.4. The molecule has 0 aromatic carbocycles. The van der Waals surface area contributed by atoms with Crippen LogP contribution in [0.2, 0.25) is 0 Å². The summed E-state index contributed by atoms with van der Waals surface area (Å²) in [7, 11) is 0. The Bertz CT molecular complexity index is 1370. The van der Waals surface area contributed by atoms with Gasteiger partial charge >= 0.3 is 17.9 Å². The van der Waals surface area contributed by atoms with Gasteiger partial charge in [0.1, 0.15) is 31.2 Å². The first-order chi connectivity index (χ1) is 23.4. The molecular formula is C36H50N4O9. The quantitative estimate of drug-likeness (QED) is 0.210. The van der Waals surface area contributed by atoms with Gasteiger partial charge in [0.2, 0.25) is 5.91 Å². The van der Waals surface area contributed by atoms with Crippen LogP contribution in [0.1, 0.15) is 94.7 Å². The van der Waals surface area contributed by atoms with E-state index in [2.05, 4.69) is 15.2 Å². The Hall–Kier alpha value is -4.26. The van der Waals surface area contributed by atoms with Crippen molar-refractivity contribution in [3.8, 4) is 0 Å². The maximum atomic E-state index is 13.8. The Morgan fingerprint density at radius 2 is 1.55 bits per heavy atom. The highest BCUT2D eigenvalue weighted by Gasteiger charge is 2.41. The lowest BCUT2D eigenvalue weighted by Crippen LogP contribution is -2.59. The normalized spacial score (nSPS) is 16.7. The molecular weight excluding hydrogens is 632 g/mol. The van der Waals surface area contributed by atoms with E-state index in [0.29, 0.717) is 5.82 Å². The van der Waals surface area contributed by atoms with E-state index in [1.807, 2.05) is 19.1 Å². The number of pyridine rings is 1. The molecule has 13 heteroatoms. The number of ether oxygens (including phenoxy) is 3. The third kappa shape index (κ3) is 11.1. The fourth-order valence-corrected chi connectivity index (χ4v) is 6.82. The monoisotopic (exact) mass is 682 g/mol. The van der Waals surface area contributed by atoms with Crippen LogP contribution in [0.3, 0.4) is 0 Å². The summed E-state index contributed by atoms with van der Waals surface area (Å²) in [6, 6.07) is 7.16. The molecule has 268 valence electrons. The molecule has 0 unspecified atom stereocenters. The standard InChI is InChI=1S/C36H50N4O9/c1-26-10-11-32(37-22-26)40(34(45)31-9-8-20-46-31)30-12-17-39(18-13-30)19-16-35(14-6-5-7-15-35)21-33(44)38-36(23-47-27(2)41,24-48-28(3)42)25-49-29(4)43/h8-11,20,22,30H,5-7,12-19,21,23-25H2,1-4H3,(H,38,44). The molecule has 0 spiro atoms. The minimum Gasteiger partial charge on any atom is -0.463 e. The zero-order valence-electron chi connectivity index (χ0n) is 29.2. The Morgan fingerprint density at radius 1 is 0.939 bits per heavy atom. The highest BCUT2D eigenvalue weighted by atomic mass is 16.6. The number of nitrogens with one attached hydrogen (secondary N) is 1. The molecule has 2 aromatic heterocycles. The van der Waals surface area contributed by atoms with Crippen molar-refractivity contribution < 1.29 is 42.6 Å². The second kappa shape index (κ2) is 17.4. The highest BCUT2D eigenvalue weighted by molar-refractivity contribution is 6.04. The molecule has 1 aliphatic heterocycles. The summed E-state index contributed by atoms with van der Waals surface area (Å²) in [4.78, 5) is 71.1. The van der Waals surface area contributed by atoms with E-state index < -0.39 is 23.4 Å². The summed E-state index contributed by atoms with van der Waals surface area (Å²) in [6.07, 6.45) is 10.8. The first kappa shape index (κ1) is 37.6. The number of anilines is 1. The number of piperidine rings is 1. The molecule has 0 atom stereocenters. The molecule has 4 rings (SSSR count). The molecule has 2 amide bonds. The molecule has 2 aromatic rings. The van der Waals surface area contributed by atoms with Gasteiger partial charge in [-0.15, -0.1) is 0 Å². The van der Waals surface area contributed by atoms with Crippen molar-refractivity contribution in [2.45, 2.75) is 97.1 Å². The number of likely N-dealkylation sites (tertiary alicyclic amines) is 1. The lowest BCUT2D eigenvalue weighted by molar-refractivity contribution is -0.157. The first-order valence-electron chi connectivity index (χ1n) is 17.1. The number of furan rings is 1. The van der Waals surface area contributed by atoms with Crippen molar-refractivity contribution >= 4 is 35.5 Å². The molecule has 1 saturated heterocycles.